The van der Waals surface area contributed by atoms with Crippen molar-refractivity contribution in [2.24, 2.45) is 4.99 Å². The van der Waals surface area contributed by atoms with Crippen molar-refractivity contribution in [3.63, 3.8) is 0 Å². The third-order valence-corrected chi connectivity index (χ3v) is 3.32. The first-order valence-corrected chi connectivity index (χ1v) is 8.03. The number of para-hydroxylation sites is 1. The molecule has 2 rings (SSSR count). The molecule has 4 nitrogen and oxygen atoms in total. The average Bonchev–Trinajstić information content (AvgIpc) is 2.64. The Balaban J connectivity index is 2.03. The molecule has 4 heteroatoms. The molecule has 0 aliphatic rings. The van der Waals surface area contributed by atoms with Gasteiger partial charge in [-0.1, -0.05) is 54.5 Å². The van der Waals surface area contributed by atoms with Crippen LogP contribution in [-0.4, -0.2) is 19.0 Å². The molecular weight excluding hydrogens is 298 g/mol. The zero-order valence-electron chi connectivity index (χ0n) is 14.0. The second-order valence-electron chi connectivity index (χ2n) is 5.13. The van der Waals surface area contributed by atoms with Crippen LogP contribution in [0, 0.1) is 12.3 Å². The highest BCUT2D eigenvalue weighted by atomic mass is 16.5. The average molecular weight is 321 g/mol. The lowest BCUT2D eigenvalue weighted by Crippen LogP contribution is -2.37. The Hall–Kier alpha value is -2.93. The lowest BCUT2D eigenvalue weighted by molar-refractivity contribution is 0.303. The fourth-order valence-electron chi connectivity index (χ4n) is 2.15. The van der Waals surface area contributed by atoms with E-state index in [9.17, 15) is 0 Å². The van der Waals surface area contributed by atoms with Gasteiger partial charge in [0.2, 0.25) is 0 Å². The lowest BCUT2D eigenvalue weighted by Gasteiger charge is -2.12. The molecule has 0 aromatic heterocycles. The largest absolute Gasteiger partial charge is 0.489 e. The maximum Gasteiger partial charge on any atom is 0.192 e. The molecule has 0 bridgehead atoms. The molecule has 0 radical (unpaired) electrons. The number of ether oxygens (including phenoxy) is 1. The van der Waals surface area contributed by atoms with E-state index < -0.39 is 0 Å². The first-order chi connectivity index (χ1) is 11.8. The molecule has 0 aliphatic heterocycles. The van der Waals surface area contributed by atoms with Gasteiger partial charge < -0.3 is 15.4 Å². The lowest BCUT2D eigenvalue weighted by atomic mass is 10.2. The molecule has 0 saturated heterocycles. The number of benzene rings is 2. The summed E-state index contributed by atoms with van der Waals surface area (Å²) < 4.78 is 5.95. The monoisotopic (exact) mass is 321 g/mol. The summed E-state index contributed by atoms with van der Waals surface area (Å²) >= 11 is 0. The Morgan fingerprint density at radius 3 is 2.58 bits per heavy atom. The van der Waals surface area contributed by atoms with Crippen molar-refractivity contribution in [2.75, 3.05) is 13.1 Å². The van der Waals surface area contributed by atoms with Crippen molar-refractivity contribution in [1.29, 1.82) is 0 Å². The standard InChI is InChI=1S/C20H23N3O/c1-3-14-22-20(21-4-2)23-15-18-12-8-9-13-19(18)24-16-17-10-6-5-7-11-17/h1,5-13H,4,14-16H2,2H3,(H2,21,22,23). The molecule has 2 aromatic carbocycles. The van der Waals surface area contributed by atoms with Crippen LogP contribution in [-0.2, 0) is 13.2 Å². The Kier molecular flexibility index (Phi) is 7.23. The van der Waals surface area contributed by atoms with Gasteiger partial charge in [-0.05, 0) is 18.6 Å². The predicted molar refractivity (Wildman–Crippen MR) is 98.9 cm³/mol. The minimum atomic E-state index is 0.442. The molecule has 0 fully saturated rings. The molecule has 2 N–H and O–H groups in total. The maximum atomic E-state index is 5.95. The van der Waals surface area contributed by atoms with Gasteiger partial charge in [-0.2, -0.15) is 0 Å². The van der Waals surface area contributed by atoms with Crippen LogP contribution in [0.4, 0.5) is 0 Å². The van der Waals surface area contributed by atoms with Gasteiger partial charge in [0, 0.05) is 12.1 Å². The van der Waals surface area contributed by atoms with Crippen molar-refractivity contribution >= 4 is 5.96 Å². The van der Waals surface area contributed by atoms with E-state index in [1.807, 2.05) is 61.5 Å². The van der Waals surface area contributed by atoms with Crippen molar-refractivity contribution < 1.29 is 4.74 Å². The molecule has 0 saturated carbocycles. The molecule has 2 aromatic rings. The van der Waals surface area contributed by atoms with Crippen LogP contribution >= 0.6 is 0 Å². The summed E-state index contributed by atoms with van der Waals surface area (Å²) in [5.74, 6) is 4.10. The molecule has 0 atom stereocenters. The Morgan fingerprint density at radius 2 is 1.83 bits per heavy atom. The van der Waals surface area contributed by atoms with E-state index in [0.29, 0.717) is 25.7 Å². The topological polar surface area (TPSA) is 45.7 Å². The number of aliphatic imine (C=N–C) groups is 1. The third-order valence-electron chi connectivity index (χ3n) is 3.32. The van der Waals surface area contributed by atoms with E-state index in [1.54, 1.807) is 0 Å². The van der Waals surface area contributed by atoms with Crippen molar-refractivity contribution in [2.45, 2.75) is 20.1 Å². The SMILES string of the molecule is C#CCNC(=NCc1ccccc1OCc1ccccc1)NCC. The number of nitrogens with zero attached hydrogens (tertiary/aromatic N) is 1. The molecule has 124 valence electrons. The Labute approximate surface area is 144 Å². The molecule has 0 unspecified atom stereocenters. The molecule has 0 heterocycles. The first-order valence-electron chi connectivity index (χ1n) is 8.03. The van der Waals surface area contributed by atoms with Crippen molar-refractivity contribution in [3.05, 3.63) is 65.7 Å². The summed E-state index contributed by atoms with van der Waals surface area (Å²) in [6.07, 6.45) is 5.28. The summed E-state index contributed by atoms with van der Waals surface area (Å²) in [6, 6.07) is 18.1. The second-order valence-corrected chi connectivity index (χ2v) is 5.13. The van der Waals surface area contributed by atoms with Gasteiger partial charge >= 0.3 is 0 Å². The number of terminal acetylenes is 1. The summed E-state index contributed by atoms with van der Waals surface area (Å²) in [5, 5.41) is 6.25. The van der Waals surface area contributed by atoms with Crippen molar-refractivity contribution in [1.82, 2.24) is 10.6 Å². The maximum absolute atomic E-state index is 5.95. The third kappa shape index (κ3) is 5.69. The number of rotatable bonds is 7. The highest BCUT2D eigenvalue weighted by molar-refractivity contribution is 5.80. The minimum absolute atomic E-state index is 0.442. The van der Waals surface area contributed by atoms with Gasteiger partial charge in [0.15, 0.2) is 5.96 Å². The van der Waals surface area contributed by atoms with Gasteiger partial charge in [-0.25, -0.2) is 4.99 Å². The van der Waals surface area contributed by atoms with E-state index in [-0.39, 0.29) is 0 Å². The smallest absolute Gasteiger partial charge is 0.192 e. The van der Waals surface area contributed by atoms with E-state index >= 15 is 0 Å². The van der Waals surface area contributed by atoms with Gasteiger partial charge in [0.25, 0.3) is 0 Å². The summed E-state index contributed by atoms with van der Waals surface area (Å²) in [4.78, 5) is 4.56. The van der Waals surface area contributed by atoms with Crippen LogP contribution in [0.15, 0.2) is 59.6 Å². The summed E-state index contributed by atoms with van der Waals surface area (Å²) in [5.41, 5.74) is 2.17. The van der Waals surface area contributed by atoms with Gasteiger partial charge in [-0.15, -0.1) is 6.42 Å². The highest BCUT2D eigenvalue weighted by Gasteiger charge is 2.04. The normalized spacial score (nSPS) is 10.8. The van der Waals surface area contributed by atoms with Gasteiger partial charge in [0.1, 0.15) is 12.4 Å². The van der Waals surface area contributed by atoms with E-state index in [2.05, 4.69) is 21.5 Å². The minimum Gasteiger partial charge on any atom is -0.489 e. The van der Waals surface area contributed by atoms with E-state index in [1.165, 1.54) is 0 Å². The Morgan fingerprint density at radius 1 is 1.08 bits per heavy atom. The zero-order chi connectivity index (χ0) is 17.0. The number of nitrogens with one attached hydrogen (secondary N) is 2. The number of hydrogen-bond acceptors (Lipinski definition) is 2. The van der Waals surface area contributed by atoms with Crippen LogP contribution in [0.1, 0.15) is 18.1 Å². The first kappa shape index (κ1) is 17.4. The molecule has 0 amide bonds. The summed E-state index contributed by atoms with van der Waals surface area (Å²) in [7, 11) is 0. The molecule has 0 spiro atoms. The quantitative estimate of drug-likeness (QED) is 0.468. The molecule has 0 aliphatic carbocycles. The van der Waals surface area contributed by atoms with Gasteiger partial charge in [0.05, 0.1) is 13.1 Å². The fraction of sp³-hybridized carbons (Fsp3) is 0.250. The number of guanidine groups is 1. The van der Waals surface area contributed by atoms with Crippen LogP contribution in [0.5, 0.6) is 5.75 Å². The second kappa shape index (κ2) is 9.96. The van der Waals surface area contributed by atoms with Crippen LogP contribution in [0.3, 0.4) is 0 Å². The van der Waals surface area contributed by atoms with Crippen LogP contribution < -0.4 is 15.4 Å². The van der Waals surface area contributed by atoms with E-state index in [4.69, 9.17) is 11.2 Å². The van der Waals surface area contributed by atoms with Crippen LogP contribution in [0.25, 0.3) is 0 Å². The van der Waals surface area contributed by atoms with Gasteiger partial charge in [-0.3, -0.25) is 0 Å². The predicted octanol–water partition coefficient (Wildman–Crippen LogP) is 2.95. The molecule has 24 heavy (non-hydrogen) atoms. The number of hydrogen-bond donors (Lipinski definition) is 2. The molecular formula is C20H23N3O. The van der Waals surface area contributed by atoms with Crippen LogP contribution in [0.2, 0.25) is 0 Å². The Bertz CT molecular complexity index is 690. The van der Waals surface area contributed by atoms with E-state index in [0.717, 1.165) is 23.4 Å². The summed E-state index contributed by atoms with van der Waals surface area (Å²) in [6.45, 7) is 4.30. The highest BCUT2D eigenvalue weighted by Crippen LogP contribution is 2.20. The zero-order valence-corrected chi connectivity index (χ0v) is 14.0. The fourth-order valence-corrected chi connectivity index (χ4v) is 2.15. The van der Waals surface area contributed by atoms with Crippen molar-refractivity contribution in [3.8, 4) is 18.1 Å².